The van der Waals surface area contributed by atoms with Crippen molar-refractivity contribution in [3.8, 4) is 11.5 Å². The third kappa shape index (κ3) is 3.57. The number of Topliss-reactive ketones (excluding diaryl/α,β-unsaturated/α-hetero) is 1. The molecule has 0 bridgehead atoms. The molecule has 1 aliphatic rings. The van der Waals surface area contributed by atoms with Gasteiger partial charge in [-0.05, 0) is 37.3 Å². The number of rotatable bonds is 5. The number of nitrogens with zero attached hydrogens (tertiary/aromatic N) is 1. The van der Waals surface area contributed by atoms with Gasteiger partial charge in [-0.1, -0.05) is 12.1 Å². The van der Waals surface area contributed by atoms with Gasteiger partial charge in [0, 0.05) is 40.0 Å². The zero-order valence-corrected chi connectivity index (χ0v) is 16.4. The second-order valence-electron chi connectivity index (χ2n) is 7.04. The number of fused-ring (bicyclic) bond motifs is 1. The Bertz CT molecular complexity index is 1120. The molecule has 0 fully saturated rings. The van der Waals surface area contributed by atoms with Gasteiger partial charge in [0.25, 0.3) is 5.69 Å². The SMILES string of the molecule is Cc1c(OC(c2ccc(C(N)=O)cc2)c2cccc[n+]2O)ccc2c1OCCC2=O. The Morgan fingerprint density at radius 3 is 2.63 bits per heavy atom. The molecular weight excluding hydrogens is 384 g/mol. The highest BCUT2D eigenvalue weighted by Gasteiger charge is 2.29. The fourth-order valence-corrected chi connectivity index (χ4v) is 3.49. The van der Waals surface area contributed by atoms with E-state index in [9.17, 15) is 14.8 Å². The van der Waals surface area contributed by atoms with Crippen LogP contribution < -0.4 is 19.9 Å². The summed E-state index contributed by atoms with van der Waals surface area (Å²) >= 11 is 0. The number of aromatic nitrogens is 1. The first-order valence-corrected chi connectivity index (χ1v) is 9.51. The van der Waals surface area contributed by atoms with Crippen LogP contribution in [-0.2, 0) is 0 Å². The van der Waals surface area contributed by atoms with E-state index < -0.39 is 12.0 Å². The summed E-state index contributed by atoms with van der Waals surface area (Å²) in [5.74, 6) is 0.567. The Hall–Kier alpha value is -3.87. The van der Waals surface area contributed by atoms with Gasteiger partial charge in [0.1, 0.15) is 11.5 Å². The normalized spacial score (nSPS) is 13.8. The summed E-state index contributed by atoms with van der Waals surface area (Å²) in [5, 5.41) is 10.4. The van der Waals surface area contributed by atoms with Gasteiger partial charge in [0.15, 0.2) is 5.78 Å². The number of hydrogen-bond donors (Lipinski definition) is 2. The highest BCUT2D eigenvalue weighted by Crippen LogP contribution is 2.37. The molecule has 2 heterocycles. The number of pyridine rings is 1. The van der Waals surface area contributed by atoms with Crippen molar-refractivity contribution in [2.45, 2.75) is 19.4 Å². The van der Waals surface area contributed by atoms with E-state index in [2.05, 4.69) is 0 Å². The average Bonchev–Trinajstić information content (AvgIpc) is 2.75. The van der Waals surface area contributed by atoms with Gasteiger partial charge in [0.05, 0.1) is 12.2 Å². The lowest BCUT2D eigenvalue weighted by Gasteiger charge is -2.23. The number of nitrogens with two attached hydrogens (primary N) is 1. The Kier molecular flexibility index (Phi) is 5.10. The molecule has 3 N–H and O–H groups in total. The quantitative estimate of drug-likeness (QED) is 0.502. The first-order chi connectivity index (χ1) is 14.5. The van der Waals surface area contributed by atoms with Gasteiger partial charge in [-0.25, -0.2) is 0 Å². The Labute approximate surface area is 173 Å². The average molecular weight is 405 g/mol. The number of primary amides is 1. The first-order valence-electron chi connectivity index (χ1n) is 9.51. The largest absolute Gasteiger partial charge is 0.492 e. The highest BCUT2D eigenvalue weighted by molar-refractivity contribution is 6.00. The number of ether oxygens (including phenoxy) is 2. The third-order valence-electron chi connectivity index (χ3n) is 5.11. The van der Waals surface area contributed by atoms with Crippen LogP contribution >= 0.6 is 0 Å². The van der Waals surface area contributed by atoms with E-state index in [1.165, 1.54) is 6.20 Å². The van der Waals surface area contributed by atoms with Gasteiger partial charge in [0.2, 0.25) is 18.2 Å². The van der Waals surface area contributed by atoms with Crippen LogP contribution in [-0.4, -0.2) is 23.5 Å². The molecule has 152 valence electrons. The molecule has 7 nitrogen and oxygen atoms in total. The van der Waals surface area contributed by atoms with Crippen LogP contribution in [0.5, 0.6) is 11.5 Å². The lowest BCUT2D eigenvalue weighted by atomic mass is 10.0. The Morgan fingerprint density at radius 1 is 1.17 bits per heavy atom. The lowest BCUT2D eigenvalue weighted by Crippen LogP contribution is -2.37. The van der Waals surface area contributed by atoms with E-state index in [4.69, 9.17) is 15.2 Å². The van der Waals surface area contributed by atoms with Crippen molar-refractivity contribution in [3.63, 3.8) is 0 Å². The standard InChI is InChI=1S/C23H20N2O5/c1-14-20(10-9-17-19(26)11-13-29-21(14)17)30-22(18-4-2-3-12-25(18)28)15-5-7-16(8-6-15)23(24)27/h2-10,12,22H,11,13H2,1H3,(H2-,24,27,28)/p+1. The van der Waals surface area contributed by atoms with Crippen molar-refractivity contribution < 1.29 is 29.0 Å². The predicted octanol–water partition coefficient (Wildman–Crippen LogP) is 2.75. The number of amides is 1. The molecule has 1 atom stereocenters. The van der Waals surface area contributed by atoms with Gasteiger partial charge in [-0.15, -0.1) is 0 Å². The van der Waals surface area contributed by atoms with Crippen molar-refractivity contribution in [2.24, 2.45) is 5.73 Å². The minimum Gasteiger partial charge on any atom is -0.492 e. The predicted molar refractivity (Wildman–Crippen MR) is 107 cm³/mol. The Morgan fingerprint density at radius 2 is 1.93 bits per heavy atom. The molecule has 7 heteroatoms. The third-order valence-corrected chi connectivity index (χ3v) is 5.11. The molecule has 0 radical (unpaired) electrons. The van der Waals surface area contributed by atoms with Crippen LogP contribution in [0.1, 0.15) is 50.1 Å². The first kappa shape index (κ1) is 19.4. The summed E-state index contributed by atoms with van der Waals surface area (Å²) in [6, 6.07) is 15.3. The van der Waals surface area contributed by atoms with Gasteiger partial charge < -0.3 is 15.2 Å². The van der Waals surface area contributed by atoms with Crippen LogP contribution in [0.15, 0.2) is 60.8 Å². The van der Waals surface area contributed by atoms with Crippen LogP contribution in [0.2, 0.25) is 0 Å². The zero-order valence-electron chi connectivity index (χ0n) is 16.4. The number of carbonyl (C=O) groups excluding carboxylic acids is 2. The maximum atomic E-state index is 12.2. The number of benzene rings is 2. The topological polar surface area (TPSA) is 103 Å². The minimum absolute atomic E-state index is 0.0424. The van der Waals surface area contributed by atoms with E-state index in [1.807, 2.05) is 6.92 Å². The lowest BCUT2D eigenvalue weighted by molar-refractivity contribution is -0.911. The number of hydrogen-bond acceptors (Lipinski definition) is 5. The van der Waals surface area contributed by atoms with E-state index in [1.54, 1.807) is 54.6 Å². The van der Waals surface area contributed by atoms with Crippen molar-refractivity contribution in [1.29, 1.82) is 0 Å². The summed E-state index contributed by atoms with van der Waals surface area (Å²) in [7, 11) is 0. The molecule has 0 saturated carbocycles. The highest BCUT2D eigenvalue weighted by atomic mass is 16.5. The fraction of sp³-hybridized carbons (Fsp3) is 0.174. The smallest absolute Gasteiger partial charge is 0.278 e. The molecule has 1 aromatic heterocycles. The second kappa shape index (κ2) is 7.87. The van der Waals surface area contributed by atoms with Crippen LogP contribution in [0, 0.1) is 6.92 Å². The summed E-state index contributed by atoms with van der Waals surface area (Å²) in [6.07, 6.45) is 1.18. The molecule has 3 aromatic rings. The van der Waals surface area contributed by atoms with E-state index in [0.29, 0.717) is 52.5 Å². The summed E-state index contributed by atoms with van der Waals surface area (Å²) in [5.41, 5.74) is 8.16. The van der Waals surface area contributed by atoms with Crippen molar-refractivity contribution in [2.75, 3.05) is 6.61 Å². The van der Waals surface area contributed by atoms with Gasteiger partial charge in [-0.3, -0.25) is 14.8 Å². The van der Waals surface area contributed by atoms with Gasteiger partial charge >= 0.3 is 0 Å². The maximum Gasteiger partial charge on any atom is 0.278 e. The van der Waals surface area contributed by atoms with Crippen molar-refractivity contribution >= 4 is 11.7 Å². The molecule has 0 aliphatic carbocycles. The molecule has 1 amide bonds. The molecule has 0 saturated heterocycles. The van der Waals surface area contributed by atoms with E-state index >= 15 is 0 Å². The second-order valence-corrected chi connectivity index (χ2v) is 7.04. The van der Waals surface area contributed by atoms with Crippen LogP contribution in [0.3, 0.4) is 0 Å². The summed E-state index contributed by atoms with van der Waals surface area (Å²) in [6.45, 7) is 2.17. The molecule has 2 aromatic carbocycles. The number of ketones is 1. The van der Waals surface area contributed by atoms with Crippen LogP contribution in [0.4, 0.5) is 0 Å². The van der Waals surface area contributed by atoms with Crippen molar-refractivity contribution in [3.05, 3.63) is 88.7 Å². The van der Waals surface area contributed by atoms with Gasteiger partial charge in [-0.2, -0.15) is 0 Å². The monoisotopic (exact) mass is 405 g/mol. The molecule has 1 unspecified atom stereocenters. The molecular formula is C23H21N2O5+. The minimum atomic E-state index is -0.686. The Balaban J connectivity index is 1.77. The fourth-order valence-electron chi connectivity index (χ4n) is 3.49. The molecule has 30 heavy (non-hydrogen) atoms. The summed E-state index contributed by atoms with van der Waals surface area (Å²) in [4.78, 5) is 23.6. The molecule has 0 spiro atoms. The van der Waals surface area contributed by atoms with Crippen LogP contribution in [0.25, 0.3) is 0 Å². The zero-order chi connectivity index (χ0) is 21.3. The molecule has 1 aliphatic heterocycles. The number of carbonyl (C=O) groups is 2. The van der Waals surface area contributed by atoms with Crippen molar-refractivity contribution in [1.82, 2.24) is 0 Å². The summed E-state index contributed by atoms with van der Waals surface area (Å²) < 4.78 is 13.0. The maximum absolute atomic E-state index is 12.2. The van der Waals surface area contributed by atoms with E-state index in [-0.39, 0.29) is 5.78 Å². The van der Waals surface area contributed by atoms with E-state index in [0.717, 1.165) is 4.73 Å². The molecule has 4 rings (SSSR count).